The second-order valence-electron chi connectivity index (χ2n) is 9.82. The number of benzene rings is 3. The standard InChI is InChI=1S/C27H28BNO4S/c1-19-15-17-21(18-16-19)34(30,31)29-23-14-10-9-13-22(23)24(25(29)20-11-7-6-8-12-20)28-32-26(2,3)27(4,5)33-28/h6-18H,1-5H3. The lowest BCUT2D eigenvalue weighted by Crippen LogP contribution is -2.41. The first kappa shape index (κ1) is 22.9. The second kappa shape index (κ2) is 7.84. The van der Waals surface area contributed by atoms with Crippen LogP contribution in [0.3, 0.4) is 0 Å². The molecule has 0 N–H and O–H groups in total. The van der Waals surface area contributed by atoms with Gasteiger partial charge in [-0.05, 0) is 58.4 Å². The summed E-state index contributed by atoms with van der Waals surface area (Å²) in [7, 11) is -4.64. The lowest BCUT2D eigenvalue weighted by Gasteiger charge is -2.32. The molecule has 0 unspecified atom stereocenters. The summed E-state index contributed by atoms with van der Waals surface area (Å²) in [5, 5.41) is 0.788. The summed E-state index contributed by atoms with van der Waals surface area (Å²) in [6.45, 7) is 9.93. The monoisotopic (exact) mass is 473 g/mol. The van der Waals surface area contributed by atoms with Crippen LogP contribution >= 0.6 is 0 Å². The van der Waals surface area contributed by atoms with E-state index in [1.54, 1.807) is 12.1 Å². The average molecular weight is 473 g/mol. The van der Waals surface area contributed by atoms with Gasteiger partial charge in [0.1, 0.15) is 0 Å². The summed E-state index contributed by atoms with van der Waals surface area (Å²) in [6, 6.07) is 24.0. The Morgan fingerprint density at radius 2 is 1.32 bits per heavy atom. The molecule has 1 saturated heterocycles. The lowest BCUT2D eigenvalue weighted by molar-refractivity contribution is 0.00578. The van der Waals surface area contributed by atoms with Crippen molar-refractivity contribution in [3.8, 4) is 11.3 Å². The molecule has 174 valence electrons. The van der Waals surface area contributed by atoms with Crippen molar-refractivity contribution in [1.82, 2.24) is 3.97 Å². The molecule has 0 saturated carbocycles. The number of fused-ring (bicyclic) bond motifs is 1. The summed E-state index contributed by atoms with van der Waals surface area (Å²) >= 11 is 0. The molecule has 0 spiro atoms. The summed E-state index contributed by atoms with van der Waals surface area (Å²) in [6.07, 6.45) is 0. The van der Waals surface area contributed by atoms with E-state index in [1.165, 1.54) is 3.97 Å². The highest BCUT2D eigenvalue weighted by Gasteiger charge is 2.53. The van der Waals surface area contributed by atoms with Crippen LogP contribution in [0.4, 0.5) is 0 Å². The van der Waals surface area contributed by atoms with Crippen LogP contribution in [-0.4, -0.2) is 30.7 Å². The number of nitrogens with zero attached hydrogens (tertiary/aromatic N) is 1. The molecule has 5 nitrogen and oxygen atoms in total. The molecule has 0 bridgehead atoms. The Balaban J connectivity index is 1.87. The molecule has 1 aliphatic rings. The van der Waals surface area contributed by atoms with Crippen molar-refractivity contribution in [2.45, 2.75) is 50.7 Å². The Kier molecular flexibility index (Phi) is 5.28. The number of hydrogen-bond acceptors (Lipinski definition) is 4. The highest BCUT2D eigenvalue weighted by atomic mass is 32.2. The number of rotatable bonds is 4. The zero-order valence-electron chi connectivity index (χ0n) is 20.1. The summed E-state index contributed by atoms with van der Waals surface area (Å²) in [4.78, 5) is 0.233. The second-order valence-corrected chi connectivity index (χ2v) is 11.6. The van der Waals surface area contributed by atoms with Gasteiger partial charge in [0.25, 0.3) is 10.0 Å². The molecule has 7 heteroatoms. The summed E-state index contributed by atoms with van der Waals surface area (Å²) < 4.78 is 42.6. The van der Waals surface area contributed by atoms with Gasteiger partial charge in [0, 0.05) is 10.8 Å². The minimum atomic E-state index is -3.92. The molecule has 1 aromatic heterocycles. The Morgan fingerprint density at radius 3 is 1.94 bits per heavy atom. The maximum atomic E-state index is 14.1. The predicted octanol–water partition coefficient (Wildman–Crippen LogP) is 5.15. The Bertz CT molecular complexity index is 1460. The van der Waals surface area contributed by atoms with E-state index in [1.807, 2.05) is 101 Å². The van der Waals surface area contributed by atoms with Crippen LogP contribution in [0.5, 0.6) is 0 Å². The predicted molar refractivity (Wildman–Crippen MR) is 137 cm³/mol. The molecule has 1 fully saturated rings. The van der Waals surface area contributed by atoms with Gasteiger partial charge >= 0.3 is 7.12 Å². The molecule has 0 aliphatic carbocycles. The van der Waals surface area contributed by atoms with E-state index in [0.29, 0.717) is 11.2 Å². The van der Waals surface area contributed by atoms with Crippen molar-refractivity contribution in [3.05, 3.63) is 84.4 Å². The zero-order valence-corrected chi connectivity index (χ0v) is 20.9. The maximum Gasteiger partial charge on any atom is 0.497 e. The molecule has 0 amide bonds. The van der Waals surface area contributed by atoms with Gasteiger partial charge in [0.05, 0.1) is 27.3 Å². The fraction of sp³-hybridized carbons (Fsp3) is 0.259. The molecule has 0 radical (unpaired) electrons. The third kappa shape index (κ3) is 3.50. The fourth-order valence-electron chi connectivity index (χ4n) is 4.37. The van der Waals surface area contributed by atoms with Crippen molar-refractivity contribution in [1.29, 1.82) is 0 Å². The number of para-hydroxylation sites is 1. The van der Waals surface area contributed by atoms with Crippen molar-refractivity contribution in [2.24, 2.45) is 0 Å². The molecule has 2 heterocycles. The number of hydrogen-bond donors (Lipinski definition) is 0. The van der Waals surface area contributed by atoms with Gasteiger partial charge in [-0.1, -0.05) is 66.2 Å². The van der Waals surface area contributed by atoms with Crippen molar-refractivity contribution in [3.63, 3.8) is 0 Å². The largest absolute Gasteiger partial charge is 0.497 e. The van der Waals surface area contributed by atoms with Gasteiger partial charge in [-0.25, -0.2) is 12.4 Å². The first-order chi connectivity index (χ1) is 16.0. The smallest absolute Gasteiger partial charge is 0.399 e. The minimum Gasteiger partial charge on any atom is -0.399 e. The Morgan fingerprint density at radius 1 is 0.765 bits per heavy atom. The quantitative estimate of drug-likeness (QED) is 0.385. The van der Waals surface area contributed by atoms with Crippen LogP contribution in [0.1, 0.15) is 33.3 Å². The van der Waals surface area contributed by atoms with Crippen LogP contribution in [-0.2, 0) is 19.3 Å². The van der Waals surface area contributed by atoms with E-state index in [9.17, 15) is 8.42 Å². The normalized spacial score (nSPS) is 17.4. The van der Waals surface area contributed by atoms with Gasteiger partial charge < -0.3 is 9.31 Å². The van der Waals surface area contributed by atoms with E-state index in [4.69, 9.17) is 9.31 Å². The molecular formula is C27H28BNO4S. The van der Waals surface area contributed by atoms with Crippen LogP contribution < -0.4 is 5.46 Å². The summed E-state index contributed by atoms with van der Waals surface area (Å²) in [5.74, 6) is 0. The average Bonchev–Trinajstić information content (AvgIpc) is 3.25. The first-order valence-corrected chi connectivity index (χ1v) is 12.8. The molecule has 3 aromatic carbocycles. The van der Waals surface area contributed by atoms with Gasteiger partial charge in [0.15, 0.2) is 0 Å². The van der Waals surface area contributed by atoms with Gasteiger partial charge in [0.2, 0.25) is 0 Å². The topological polar surface area (TPSA) is 57.5 Å². The molecular weight excluding hydrogens is 445 g/mol. The molecule has 4 aromatic rings. The summed E-state index contributed by atoms with van der Waals surface area (Å²) in [5.41, 5.74) is 2.51. The fourth-order valence-corrected chi connectivity index (χ4v) is 5.92. The zero-order chi connectivity index (χ0) is 24.3. The Labute approximate surface area is 201 Å². The van der Waals surface area contributed by atoms with Gasteiger partial charge in [-0.2, -0.15) is 0 Å². The van der Waals surface area contributed by atoms with Crippen LogP contribution in [0, 0.1) is 6.92 Å². The van der Waals surface area contributed by atoms with E-state index >= 15 is 0 Å². The third-order valence-electron chi connectivity index (χ3n) is 6.97. The third-order valence-corrected chi connectivity index (χ3v) is 8.69. The Hall–Kier alpha value is -2.87. The van der Waals surface area contributed by atoms with Crippen molar-refractivity contribution in [2.75, 3.05) is 0 Å². The molecule has 5 rings (SSSR count). The maximum absolute atomic E-state index is 14.1. The molecule has 1 aliphatic heterocycles. The van der Waals surface area contributed by atoms with Gasteiger partial charge in [-0.3, -0.25) is 0 Å². The lowest BCUT2D eigenvalue weighted by atomic mass is 9.75. The first-order valence-electron chi connectivity index (χ1n) is 11.4. The van der Waals surface area contributed by atoms with Crippen LogP contribution in [0.25, 0.3) is 22.2 Å². The number of aromatic nitrogens is 1. The number of aryl methyl sites for hydroxylation is 1. The van der Waals surface area contributed by atoms with Crippen molar-refractivity contribution >= 4 is 33.5 Å². The molecule has 0 atom stereocenters. The van der Waals surface area contributed by atoms with Crippen molar-refractivity contribution < 1.29 is 17.7 Å². The highest BCUT2D eigenvalue weighted by molar-refractivity contribution is 7.90. The van der Waals surface area contributed by atoms with Crippen LogP contribution in [0.15, 0.2) is 83.8 Å². The van der Waals surface area contributed by atoms with E-state index < -0.39 is 28.3 Å². The van der Waals surface area contributed by atoms with E-state index in [2.05, 4.69) is 0 Å². The van der Waals surface area contributed by atoms with E-state index in [0.717, 1.165) is 22.0 Å². The van der Waals surface area contributed by atoms with E-state index in [-0.39, 0.29) is 4.90 Å². The SMILES string of the molecule is Cc1ccc(S(=O)(=O)n2c(-c3ccccc3)c(B3OC(C)(C)C(C)(C)O3)c3ccccc32)cc1. The molecule has 34 heavy (non-hydrogen) atoms. The van der Waals surface area contributed by atoms with Crippen LogP contribution in [0.2, 0.25) is 0 Å². The van der Waals surface area contributed by atoms with Gasteiger partial charge in [-0.15, -0.1) is 0 Å². The highest BCUT2D eigenvalue weighted by Crippen LogP contribution is 2.39. The minimum absolute atomic E-state index is 0.233.